The van der Waals surface area contributed by atoms with E-state index in [1.807, 2.05) is 30.3 Å². The van der Waals surface area contributed by atoms with Crippen LogP contribution in [0.5, 0.6) is 0 Å². The SMILES string of the molecule is NCC(O)(CCN1CCc2ccccc21)c1ccccc1. The minimum Gasteiger partial charge on any atom is -0.384 e. The van der Waals surface area contributed by atoms with Crippen molar-refractivity contribution in [1.82, 2.24) is 0 Å². The number of para-hydroxylation sites is 1. The first-order chi connectivity index (χ1) is 10.2. The topological polar surface area (TPSA) is 49.5 Å². The zero-order valence-corrected chi connectivity index (χ0v) is 12.2. The lowest BCUT2D eigenvalue weighted by Gasteiger charge is -2.30. The summed E-state index contributed by atoms with van der Waals surface area (Å²) in [6, 6.07) is 18.2. The number of hydrogen-bond donors (Lipinski definition) is 2. The highest BCUT2D eigenvalue weighted by Gasteiger charge is 2.29. The van der Waals surface area contributed by atoms with Crippen molar-refractivity contribution < 1.29 is 5.11 Å². The Kier molecular flexibility index (Phi) is 3.95. The number of aliphatic hydroxyl groups is 1. The van der Waals surface area contributed by atoms with Gasteiger partial charge in [0.1, 0.15) is 5.60 Å². The number of rotatable bonds is 5. The molecule has 0 fully saturated rings. The second kappa shape index (κ2) is 5.88. The van der Waals surface area contributed by atoms with Crippen molar-refractivity contribution in [2.24, 2.45) is 5.73 Å². The molecular formula is C18H22N2O. The summed E-state index contributed by atoms with van der Waals surface area (Å²) in [5, 5.41) is 10.8. The summed E-state index contributed by atoms with van der Waals surface area (Å²) in [6.45, 7) is 2.08. The highest BCUT2D eigenvalue weighted by molar-refractivity contribution is 5.57. The van der Waals surface area contributed by atoms with E-state index in [2.05, 4.69) is 29.2 Å². The molecule has 1 aliphatic rings. The van der Waals surface area contributed by atoms with Gasteiger partial charge in [-0.05, 0) is 30.0 Å². The van der Waals surface area contributed by atoms with Crippen molar-refractivity contribution >= 4 is 5.69 Å². The third-order valence-corrected chi connectivity index (χ3v) is 4.43. The Morgan fingerprint density at radius 2 is 1.76 bits per heavy atom. The minimum atomic E-state index is -0.946. The van der Waals surface area contributed by atoms with Crippen LogP contribution < -0.4 is 10.6 Å². The predicted octanol–water partition coefficient (Wildman–Crippen LogP) is 2.29. The van der Waals surface area contributed by atoms with E-state index in [0.717, 1.165) is 25.1 Å². The molecule has 1 aliphatic heterocycles. The number of hydrogen-bond acceptors (Lipinski definition) is 3. The first-order valence-corrected chi connectivity index (χ1v) is 7.54. The molecule has 110 valence electrons. The van der Waals surface area contributed by atoms with Crippen LogP contribution in [-0.2, 0) is 12.0 Å². The van der Waals surface area contributed by atoms with Crippen molar-refractivity contribution in [2.75, 3.05) is 24.5 Å². The number of nitrogens with zero attached hydrogens (tertiary/aromatic N) is 1. The fourth-order valence-corrected chi connectivity index (χ4v) is 3.07. The fraction of sp³-hybridized carbons (Fsp3) is 0.333. The average Bonchev–Trinajstić information content (AvgIpc) is 2.97. The second-order valence-corrected chi connectivity index (χ2v) is 5.72. The normalized spacial score (nSPS) is 16.6. The van der Waals surface area contributed by atoms with Gasteiger partial charge in [0.2, 0.25) is 0 Å². The molecule has 3 nitrogen and oxygen atoms in total. The van der Waals surface area contributed by atoms with E-state index in [0.29, 0.717) is 6.42 Å². The molecule has 2 aromatic carbocycles. The van der Waals surface area contributed by atoms with Gasteiger partial charge in [0.15, 0.2) is 0 Å². The molecule has 0 aromatic heterocycles. The maximum atomic E-state index is 10.8. The molecule has 0 saturated heterocycles. The van der Waals surface area contributed by atoms with Crippen LogP contribution in [0.1, 0.15) is 17.5 Å². The van der Waals surface area contributed by atoms with Gasteiger partial charge < -0.3 is 15.7 Å². The summed E-state index contributed by atoms with van der Waals surface area (Å²) in [5.74, 6) is 0. The van der Waals surface area contributed by atoms with Crippen molar-refractivity contribution in [3.8, 4) is 0 Å². The largest absolute Gasteiger partial charge is 0.384 e. The zero-order chi connectivity index (χ0) is 14.7. The van der Waals surface area contributed by atoms with Crippen molar-refractivity contribution in [3.63, 3.8) is 0 Å². The summed E-state index contributed by atoms with van der Waals surface area (Å²) in [6.07, 6.45) is 1.73. The van der Waals surface area contributed by atoms with Gasteiger partial charge in [-0.1, -0.05) is 48.5 Å². The minimum absolute atomic E-state index is 0.243. The van der Waals surface area contributed by atoms with Crippen LogP contribution in [0.25, 0.3) is 0 Å². The van der Waals surface area contributed by atoms with E-state index >= 15 is 0 Å². The van der Waals surface area contributed by atoms with Gasteiger partial charge in [-0.2, -0.15) is 0 Å². The van der Waals surface area contributed by atoms with Crippen LogP contribution in [-0.4, -0.2) is 24.7 Å². The first kappa shape index (κ1) is 14.1. The molecule has 0 spiro atoms. The molecule has 2 aromatic rings. The van der Waals surface area contributed by atoms with Crippen LogP contribution in [0.15, 0.2) is 54.6 Å². The Bertz CT molecular complexity index is 599. The van der Waals surface area contributed by atoms with Crippen molar-refractivity contribution in [2.45, 2.75) is 18.4 Å². The summed E-state index contributed by atoms with van der Waals surface area (Å²) >= 11 is 0. The average molecular weight is 282 g/mol. The zero-order valence-electron chi connectivity index (χ0n) is 12.2. The van der Waals surface area contributed by atoms with E-state index in [4.69, 9.17) is 5.73 Å². The predicted molar refractivity (Wildman–Crippen MR) is 86.4 cm³/mol. The maximum Gasteiger partial charge on any atom is 0.103 e. The molecular weight excluding hydrogens is 260 g/mol. The van der Waals surface area contributed by atoms with E-state index in [9.17, 15) is 5.11 Å². The summed E-state index contributed by atoms with van der Waals surface area (Å²) < 4.78 is 0. The van der Waals surface area contributed by atoms with Crippen LogP contribution >= 0.6 is 0 Å². The molecule has 0 radical (unpaired) electrons. The van der Waals surface area contributed by atoms with Gasteiger partial charge in [-0.15, -0.1) is 0 Å². The Morgan fingerprint density at radius 3 is 2.52 bits per heavy atom. The van der Waals surface area contributed by atoms with Gasteiger partial charge in [-0.25, -0.2) is 0 Å². The number of nitrogens with two attached hydrogens (primary N) is 1. The Hall–Kier alpha value is -1.84. The fourth-order valence-electron chi connectivity index (χ4n) is 3.07. The monoisotopic (exact) mass is 282 g/mol. The van der Waals surface area contributed by atoms with Gasteiger partial charge in [0, 0.05) is 25.3 Å². The summed E-state index contributed by atoms with van der Waals surface area (Å²) in [5.41, 5.74) is 8.50. The lowest BCUT2D eigenvalue weighted by molar-refractivity contribution is 0.0388. The Labute approximate surface area is 126 Å². The van der Waals surface area contributed by atoms with Gasteiger partial charge >= 0.3 is 0 Å². The third-order valence-electron chi connectivity index (χ3n) is 4.43. The molecule has 0 amide bonds. The third kappa shape index (κ3) is 2.80. The van der Waals surface area contributed by atoms with E-state index < -0.39 is 5.60 Å². The highest BCUT2D eigenvalue weighted by atomic mass is 16.3. The molecule has 3 rings (SSSR count). The molecule has 3 N–H and O–H groups in total. The lowest BCUT2D eigenvalue weighted by atomic mass is 9.90. The number of fused-ring (bicyclic) bond motifs is 1. The molecule has 3 heteroatoms. The Morgan fingerprint density at radius 1 is 1.05 bits per heavy atom. The van der Waals surface area contributed by atoms with Gasteiger partial charge in [0.25, 0.3) is 0 Å². The van der Waals surface area contributed by atoms with Crippen molar-refractivity contribution in [3.05, 3.63) is 65.7 Å². The highest BCUT2D eigenvalue weighted by Crippen LogP contribution is 2.30. The quantitative estimate of drug-likeness (QED) is 0.884. The molecule has 0 aliphatic carbocycles. The smallest absolute Gasteiger partial charge is 0.103 e. The lowest BCUT2D eigenvalue weighted by Crippen LogP contribution is -2.38. The first-order valence-electron chi connectivity index (χ1n) is 7.54. The standard InChI is InChI=1S/C18H22N2O/c19-14-18(21,16-7-2-1-3-8-16)11-13-20-12-10-15-6-4-5-9-17(15)20/h1-9,21H,10-14,19H2. The summed E-state index contributed by atoms with van der Waals surface area (Å²) in [4.78, 5) is 2.35. The van der Waals surface area contributed by atoms with Crippen LogP contribution in [0.2, 0.25) is 0 Å². The van der Waals surface area contributed by atoms with Gasteiger partial charge in [0.05, 0.1) is 0 Å². The second-order valence-electron chi connectivity index (χ2n) is 5.72. The molecule has 0 bridgehead atoms. The van der Waals surface area contributed by atoms with E-state index in [1.165, 1.54) is 11.3 Å². The van der Waals surface area contributed by atoms with E-state index in [-0.39, 0.29) is 6.54 Å². The van der Waals surface area contributed by atoms with Crippen LogP contribution in [0, 0.1) is 0 Å². The Balaban J connectivity index is 1.72. The van der Waals surface area contributed by atoms with Crippen molar-refractivity contribution in [1.29, 1.82) is 0 Å². The molecule has 1 heterocycles. The number of anilines is 1. The molecule has 21 heavy (non-hydrogen) atoms. The molecule has 1 atom stereocenters. The van der Waals surface area contributed by atoms with Crippen LogP contribution in [0.3, 0.4) is 0 Å². The van der Waals surface area contributed by atoms with Gasteiger partial charge in [-0.3, -0.25) is 0 Å². The molecule has 0 saturated carbocycles. The van der Waals surface area contributed by atoms with Crippen LogP contribution in [0.4, 0.5) is 5.69 Å². The maximum absolute atomic E-state index is 10.8. The van der Waals surface area contributed by atoms with E-state index in [1.54, 1.807) is 0 Å². The molecule has 1 unspecified atom stereocenters. The summed E-state index contributed by atoms with van der Waals surface area (Å²) in [7, 11) is 0. The number of benzene rings is 2.